The summed E-state index contributed by atoms with van der Waals surface area (Å²) in [7, 11) is 0. The number of oxime groups is 1. The largest absolute Gasteiger partial charge is 0.465 e. The number of rotatable bonds is 2. The molecule has 90 valence electrons. The number of fused-ring (bicyclic) bond motifs is 1. The maximum Gasteiger partial charge on any atom is 0.405 e. The first-order valence-electron chi connectivity index (χ1n) is 5.22. The second kappa shape index (κ2) is 4.32. The fraction of sp³-hybridized carbons (Fsp3) is 0.273. The Morgan fingerprint density at radius 2 is 2.29 bits per heavy atom. The van der Waals surface area contributed by atoms with Crippen LogP contribution in [0.15, 0.2) is 23.4 Å². The van der Waals surface area contributed by atoms with E-state index in [1.807, 2.05) is 6.07 Å². The zero-order valence-corrected chi connectivity index (χ0v) is 9.05. The topological polar surface area (TPSA) is 108 Å². The summed E-state index contributed by atoms with van der Waals surface area (Å²) in [6.45, 7) is 0. The molecular formula is C11H13N3O3. The Labute approximate surface area is 97.7 Å². The predicted molar refractivity (Wildman–Crippen MR) is 61.2 cm³/mol. The monoisotopic (exact) mass is 235 g/mol. The van der Waals surface area contributed by atoms with E-state index in [4.69, 9.17) is 16.0 Å². The lowest BCUT2D eigenvalue weighted by molar-refractivity contribution is 0.190. The Kier molecular flexibility index (Phi) is 2.86. The molecule has 0 saturated carbocycles. The minimum Gasteiger partial charge on any atom is -0.465 e. The fourth-order valence-electron chi connectivity index (χ4n) is 2.25. The van der Waals surface area contributed by atoms with Crippen LogP contribution >= 0.6 is 0 Å². The van der Waals surface area contributed by atoms with Crippen LogP contribution in [0, 0.1) is 0 Å². The van der Waals surface area contributed by atoms with Crippen LogP contribution in [0.3, 0.4) is 0 Å². The third kappa shape index (κ3) is 2.01. The fourth-order valence-corrected chi connectivity index (χ4v) is 2.25. The minimum atomic E-state index is -1.04. The van der Waals surface area contributed by atoms with E-state index in [2.05, 4.69) is 10.5 Å². The molecule has 0 heterocycles. The van der Waals surface area contributed by atoms with Gasteiger partial charge in [0.2, 0.25) is 0 Å². The molecule has 0 aliphatic heterocycles. The number of nitrogens with one attached hydrogen (secondary N) is 1. The Hall–Kier alpha value is -2.24. The first-order valence-corrected chi connectivity index (χ1v) is 5.22. The van der Waals surface area contributed by atoms with Gasteiger partial charge in [0.05, 0.1) is 6.04 Å². The smallest absolute Gasteiger partial charge is 0.405 e. The Balaban J connectivity index is 2.39. The second-order valence-electron chi connectivity index (χ2n) is 3.90. The molecule has 0 radical (unpaired) electrons. The van der Waals surface area contributed by atoms with Gasteiger partial charge in [-0.2, -0.15) is 0 Å². The normalized spacial score (nSPS) is 18.8. The number of hydrogen-bond donors (Lipinski definition) is 4. The summed E-state index contributed by atoms with van der Waals surface area (Å²) in [5.41, 5.74) is 8.09. The quantitative estimate of drug-likeness (QED) is 0.266. The highest BCUT2D eigenvalue weighted by Crippen LogP contribution is 2.33. The van der Waals surface area contributed by atoms with Crippen LogP contribution in [0.1, 0.15) is 29.2 Å². The van der Waals surface area contributed by atoms with Crippen molar-refractivity contribution in [2.24, 2.45) is 10.9 Å². The van der Waals surface area contributed by atoms with Crippen molar-refractivity contribution in [3.05, 3.63) is 34.9 Å². The van der Waals surface area contributed by atoms with Crippen LogP contribution in [0.4, 0.5) is 4.79 Å². The number of amides is 1. The molecule has 1 unspecified atom stereocenters. The average Bonchev–Trinajstić information content (AvgIpc) is 2.71. The van der Waals surface area contributed by atoms with Crippen LogP contribution in [-0.4, -0.2) is 22.2 Å². The lowest BCUT2D eigenvalue weighted by Crippen LogP contribution is -2.25. The maximum absolute atomic E-state index is 10.6. The first-order chi connectivity index (χ1) is 8.13. The molecule has 1 aliphatic carbocycles. The Morgan fingerprint density at radius 1 is 1.53 bits per heavy atom. The van der Waals surface area contributed by atoms with E-state index < -0.39 is 6.09 Å². The zero-order valence-electron chi connectivity index (χ0n) is 9.05. The van der Waals surface area contributed by atoms with Crippen molar-refractivity contribution in [3.8, 4) is 0 Å². The molecular weight excluding hydrogens is 222 g/mol. The highest BCUT2D eigenvalue weighted by Gasteiger charge is 2.26. The highest BCUT2D eigenvalue weighted by molar-refractivity contribution is 5.98. The summed E-state index contributed by atoms with van der Waals surface area (Å²) in [6, 6.07) is 5.18. The molecule has 6 nitrogen and oxygen atoms in total. The van der Waals surface area contributed by atoms with E-state index in [0.717, 1.165) is 11.1 Å². The summed E-state index contributed by atoms with van der Waals surface area (Å²) in [4.78, 5) is 10.6. The molecule has 0 bridgehead atoms. The minimum absolute atomic E-state index is 0.0535. The van der Waals surface area contributed by atoms with E-state index in [0.29, 0.717) is 18.4 Å². The van der Waals surface area contributed by atoms with E-state index in [-0.39, 0.29) is 11.9 Å². The van der Waals surface area contributed by atoms with Gasteiger partial charge in [0.1, 0.15) is 0 Å². The van der Waals surface area contributed by atoms with E-state index in [9.17, 15) is 4.79 Å². The van der Waals surface area contributed by atoms with Gasteiger partial charge in [0.25, 0.3) is 0 Å². The van der Waals surface area contributed by atoms with Crippen molar-refractivity contribution in [1.82, 2.24) is 5.32 Å². The third-order valence-electron chi connectivity index (χ3n) is 2.95. The number of carbonyl (C=O) groups is 1. The first kappa shape index (κ1) is 11.3. The SMILES string of the molecule is N/C(=N\O)c1cccc2c1CCC2NC(=O)O. The molecule has 1 amide bonds. The summed E-state index contributed by atoms with van der Waals surface area (Å²) in [5, 5.41) is 22.8. The van der Waals surface area contributed by atoms with Crippen LogP contribution in [0.2, 0.25) is 0 Å². The van der Waals surface area contributed by atoms with Crippen molar-refractivity contribution in [2.45, 2.75) is 18.9 Å². The van der Waals surface area contributed by atoms with Gasteiger partial charge in [-0.1, -0.05) is 23.4 Å². The van der Waals surface area contributed by atoms with Crippen molar-refractivity contribution >= 4 is 11.9 Å². The Bertz CT molecular complexity index is 485. The van der Waals surface area contributed by atoms with E-state index >= 15 is 0 Å². The standard InChI is InChI=1S/C11H13N3O3/c12-10(14-17)8-3-1-2-7-6(8)4-5-9(7)13-11(15)16/h1-3,9,13,17H,4-5H2,(H2,12,14)(H,15,16). The molecule has 1 aliphatic rings. The lowest BCUT2D eigenvalue weighted by atomic mass is 10.0. The molecule has 2 rings (SSSR count). The molecule has 0 fully saturated rings. The summed E-state index contributed by atoms with van der Waals surface area (Å²) < 4.78 is 0. The van der Waals surface area contributed by atoms with Gasteiger partial charge in [-0.25, -0.2) is 4.79 Å². The van der Waals surface area contributed by atoms with Gasteiger partial charge in [0.15, 0.2) is 5.84 Å². The van der Waals surface area contributed by atoms with E-state index in [1.165, 1.54) is 0 Å². The van der Waals surface area contributed by atoms with Crippen molar-refractivity contribution in [1.29, 1.82) is 0 Å². The predicted octanol–water partition coefficient (Wildman–Crippen LogP) is 1.04. The van der Waals surface area contributed by atoms with Gasteiger partial charge in [-0.15, -0.1) is 0 Å². The van der Waals surface area contributed by atoms with Crippen LogP contribution in [0.5, 0.6) is 0 Å². The molecule has 6 heteroatoms. The molecule has 1 atom stereocenters. The molecule has 1 aromatic carbocycles. The van der Waals surface area contributed by atoms with Crippen molar-refractivity contribution in [3.63, 3.8) is 0 Å². The summed E-state index contributed by atoms with van der Waals surface area (Å²) >= 11 is 0. The second-order valence-corrected chi connectivity index (χ2v) is 3.90. The van der Waals surface area contributed by atoms with Crippen molar-refractivity contribution < 1.29 is 15.1 Å². The average molecular weight is 235 g/mol. The maximum atomic E-state index is 10.6. The van der Waals surface area contributed by atoms with Crippen LogP contribution < -0.4 is 11.1 Å². The van der Waals surface area contributed by atoms with E-state index in [1.54, 1.807) is 12.1 Å². The molecule has 1 aromatic rings. The molecule has 17 heavy (non-hydrogen) atoms. The zero-order chi connectivity index (χ0) is 12.4. The number of benzene rings is 1. The number of nitrogens with two attached hydrogens (primary N) is 1. The summed E-state index contributed by atoms with van der Waals surface area (Å²) in [5.74, 6) is 0.0535. The molecule has 0 aromatic heterocycles. The van der Waals surface area contributed by atoms with Gasteiger partial charge < -0.3 is 21.4 Å². The van der Waals surface area contributed by atoms with Crippen LogP contribution in [0.25, 0.3) is 0 Å². The van der Waals surface area contributed by atoms with Gasteiger partial charge in [-0.05, 0) is 24.0 Å². The molecule has 5 N–H and O–H groups in total. The third-order valence-corrected chi connectivity index (χ3v) is 2.95. The van der Waals surface area contributed by atoms with Gasteiger partial charge >= 0.3 is 6.09 Å². The summed E-state index contributed by atoms with van der Waals surface area (Å²) in [6.07, 6.45) is 0.362. The van der Waals surface area contributed by atoms with Crippen molar-refractivity contribution in [2.75, 3.05) is 0 Å². The number of amidine groups is 1. The Morgan fingerprint density at radius 3 is 2.94 bits per heavy atom. The number of nitrogens with zero attached hydrogens (tertiary/aromatic N) is 1. The molecule has 0 saturated heterocycles. The highest BCUT2D eigenvalue weighted by atomic mass is 16.4. The molecule has 0 spiro atoms. The number of carboxylic acid groups (broad SMARTS) is 1. The lowest BCUT2D eigenvalue weighted by Gasteiger charge is -2.12. The number of hydrogen-bond acceptors (Lipinski definition) is 3. The van der Waals surface area contributed by atoms with Gasteiger partial charge in [0, 0.05) is 5.56 Å². The van der Waals surface area contributed by atoms with Gasteiger partial charge in [-0.3, -0.25) is 0 Å². The van der Waals surface area contributed by atoms with Crippen LogP contribution in [-0.2, 0) is 6.42 Å².